The maximum atomic E-state index is 13.2. The van der Waals surface area contributed by atoms with E-state index in [0.29, 0.717) is 138 Å². The van der Waals surface area contributed by atoms with Gasteiger partial charge >= 0.3 is 8.60 Å². The van der Waals surface area contributed by atoms with E-state index >= 15 is 0 Å². The van der Waals surface area contributed by atoms with Crippen molar-refractivity contribution in [2.24, 2.45) is 0 Å². The number of aliphatic hydroxyl groups is 1. The molecule has 4 aromatic carbocycles. The zero-order chi connectivity index (χ0) is 77.5. The van der Waals surface area contributed by atoms with Crippen molar-refractivity contribution >= 4 is 49.3 Å². The molecule has 4 aromatic rings. The lowest BCUT2D eigenvalue weighted by Gasteiger charge is -2.47. The van der Waals surface area contributed by atoms with Gasteiger partial charge in [0.2, 0.25) is 23.6 Å². The Labute approximate surface area is 644 Å². The van der Waals surface area contributed by atoms with Gasteiger partial charge in [0.05, 0.1) is 75.3 Å². The largest absolute Gasteiger partial charge is 0.485 e. The van der Waals surface area contributed by atoms with Crippen LogP contribution < -0.4 is 18.9 Å². The van der Waals surface area contributed by atoms with E-state index in [-0.39, 0.29) is 60.5 Å². The van der Waals surface area contributed by atoms with Crippen molar-refractivity contribution in [2.75, 3.05) is 79.0 Å². The minimum Gasteiger partial charge on any atom is -0.485 e. The van der Waals surface area contributed by atoms with Crippen LogP contribution in [0.25, 0.3) is 14.5 Å². The fraction of sp³-hybridized carbons (Fsp3) is 0.619. The monoisotopic (exact) mass is 1520 g/mol. The van der Waals surface area contributed by atoms with Crippen LogP contribution in [0, 0.1) is 31.0 Å². The number of hydrogen-bond acceptors (Lipinski definition) is 17. The van der Waals surface area contributed by atoms with Crippen molar-refractivity contribution in [3.63, 3.8) is 0 Å². The number of rotatable bonds is 34. The molecule has 8 heterocycles. The molecule has 24 nitrogen and oxygen atoms in total. The number of ether oxygens (including phenoxy) is 8. The van der Waals surface area contributed by atoms with Crippen LogP contribution in [-0.4, -0.2) is 174 Å². The first kappa shape index (κ1) is 82.0. The van der Waals surface area contributed by atoms with Crippen molar-refractivity contribution in [1.82, 2.24) is 19.6 Å². The van der Waals surface area contributed by atoms with Gasteiger partial charge in [-0.3, -0.25) is 19.2 Å². The van der Waals surface area contributed by atoms with Crippen molar-refractivity contribution in [1.29, 1.82) is 5.26 Å². The highest BCUT2D eigenvalue weighted by Crippen LogP contribution is 2.52. The number of nitriles is 1. The number of benzene rings is 4. The van der Waals surface area contributed by atoms with Crippen molar-refractivity contribution in [2.45, 2.75) is 255 Å². The number of amides is 4. The first-order valence-corrected chi connectivity index (χ1v) is 40.4. The highest BCUT2D eigenvalue weighted by Gasteiger charge is 2.54. The van der Waals surface area contributed by atoms with Crippen LogP contribution in [0.15, 0.2) is 72.8 Å². The van der Waals surface area contributed by atoms with Crippen molar-refractivity contribution < 1.29 is 75.8 Å². The van der Waals surface area contributed by atoms with Gasteiger partial charge in [0.1, 0.15) is 69.8 Å². The SMILES string of the molecule is [C-]#[N+]c1ccc2c(c1)[C@@H](N1CCCC1=O)[C@H](OCCCCCO)C(C)(C)O2.[C-]#[N+]c1ccc2c(c1)[C@@H](N1CCCC1=O)[C@H](OCCCCCOP(OCCCCCO[C@H]1[C@H](N3CCCC3=O)c3cc(C#N)ccc3OC1(C)C)OCCCCCO[C@H]1[C@H](N3CCCC3=O)c3cc([N+]#[C-])ccc3OC1(C)C)C(C)(C)O2. The molecule has 1 N–H and O–H groups in total. The lowest BCUT2D eigenvalue weighted by molar-refractivity contribution is -0.149. The molecule has 0 radical (unpaired) electrons. The molecule has 0 aliphatic carbocycles. The first-order chi connectivity index (χ1) is 52.5. The molecule has 4 fully saturated rings. The van der Waals surface area contributed by atoms with Gasteiger partial charge < -0.3 is 76.2 Å². The van der Waals surface area contributed by atoms with E-state index in [0.717, 1.165) is 131 Å². The Bertz CT molecular complexity index is 3710. The maximum Gasteiger partial charge on any atom is 0.332 e. The molecule has 4 saturated heterocycles. The second-order valence-electron chi connectivity index (χ2n) is 31.6. The molecule has 8 aliphatic rings. The van der Waals surface area contributed by atoms with Crippen LogP contribution in [0.3, 0.4) is 0 Å². The number of unbranched alkanes of at least 4 members (excludes halogenated alkanes) is 8. The molecule has 0 aromatic heterocycles. The summed E-state index contributed by atoms with van der Waals surface area (Å²) in [4.78, 5) is 70.6. The summed E-state index contributed by atoms with van der Waals surface area (Å²) in [5.41, 5.74) is 2.57. The van der Waals surface area contributed by atoms with E-state index in [1.54, 1.807) is 24.3 Å². The Morgan fingerprint density at radius 1 is 0.413 bits per heavy atom. The average Bonchev–Trinajstić information content (AvgIpc) is 1.72. The molecule has 25 heteroatoms. The van der Waals surface area contributed by atoms with Crippen molar-refractivity contribution in [3.05, 3.63) is 135 Å². The third kappa shape index (κ3) is 19.7. The van der Waals surface area contributed by atoms with E-state index in [4.69, 9.17) is 76.3 Å². The zero-order valence-electron chi connectivity index (χ0n) is 64.8. The van der Waals surface area contributed by atoms with E-state index in [2.05, 4.69) is 20.6 Å². The van der Waals surface area contributed by atoms with Crippen LogP contribution in [0.4, 0.5) is 17.1 Å². The number of carbonyl (C=O) groups is 4. The molecule has 109 heavy (non-hydrogen) atoms. The van der Waals surface area contributed by atoms with Gasteiger partial charge in [-0.1, -0.05) is 18.2 Å². The predicted octanol–water partition coefficient (Wildman–Crippen LogP) is 16.1. The molecular formula is C84H109N8O16P. The Morgan fingerprint density at radius 3 is 0.936 bits per heavy atom. The van der Waals surface area contributed by atoms with Crippen LogP contribution >= 0.6 is 8.60 Å². The number of aliphatic hydroxyl groups excluding tert-OH is 1. The second-order valence-corrected chi connectivity index (χ2v) is 32.8. The van der Waals surface area contributed by atoms with E-state index < -0.39 is 49.3 Å². The fourth-order valence-electron chi connectivity index (χ4n) is 16.5. The van der Waals surface area contributed by atoms with Crippen LogP contribution in [-0.2, 0) is 51.7 Å². The van der Waals surface area contributed by atoms with E-state index in [9.17, 15) is 24.4 Å². The van der Waals surface area contributed by atoms with Gasteiger partial charge in [0, 0.05) is 107 Å². The molecule has 12 rings (SSSR count). The quantitative estimate of drug-likeness (QED) is 0.0260. The van der Waals surface area contributed by atoms with Gasteiger partial charge in [-0.2, -0.15) is 5.26 Å². The second kappa shape index (κ2) is 37.4. The lowest BCUT2D eigenvalue weighted by atomic mass is 9.84. The molecule has 8 aliphatic heterocycles. The lowest BCUT2D eigenvalue weighted by Crippen LogP contribution is -2.55. The first-order valence-electron chi connectivity index (χ1n) is 39.3. The zero-order valence-corrected chi connectivity index (χ0v) is 65.7. The minimum atomic E-state index is -1.66. The summed E-state index contributed by atoms with van der Waals surface area (Å²) in [7, 11) is -1.66. The van der Waals surface area contributed by atoms with E-state index in [1.807, 2.05) is 124 Å². The van der Waals surface area contributed by atoms with E-state index in [1.165, 1.54) is 0 Å². The van der Waals surface area contributed by atoms with Gasteiger partial charge in [0.25, 0.3) is 0 Å². The van der Waals surface area contributed by atoms with Gasteiger partial charge in [0.15, 0.2) is 17.1 Å². The summed E-state index contributed by atoms with van der Waals surface area (Å²) in [6.45, 7) is 44.6. The number of likely N-dealkylation sites (tertiary alicyclic amines) is 4. The summed E-state index contributed by atoms with van der Waals surface area (Å²) in [6.07, 6.45) is 13.1. The summed E-state index contributed by atoms with van der Waals surface area (Å²) in [5, 5.41) is 18.7. The van der Waals surface area contributed by atoms with Crippen molar-refractivity contribution in [3.8, 4) is 29.1 Å². The Kier molecular flexibility index (Phi) is 28.1. The summed E-state index contributed by atoms with van der Waals surface area (Å²) >= 11 is 0. The normalized spacial score (nSPS) is 23.9. The van der Waals surface area contributed by atoms with Crippen LogP contribution in [0.1, 0.15) is 236 Å². The molecular weight excluding hydrogens is 1410 g/mol. The maximum absolute atomic E-state index is 13.2. The topological polar surface area (TPSA) is 240 Å². The highest BCUT2D eigenvalue weighted by molar-refractivity contribution is 7.41. The molecule has 4 amide bonds. The molecule has 586 valence electrons. The number of hydrogen-bond donors (Lipinski definition) is 1. The predicted molar refractivity (Wildman–Crippen MR) is 409 cm³/mol. The van der Waals surface area contributed by atoms with Gasteiger partial charge in [-0.15, -0.1) is 0 Å². The fourth-order valence-corrected chi connectivity index (χ4v) is 17.6. The average molecular weight is 1520 g/mol. The van der Waals surface area contributed by atoms with Gasteiger partial charge in [-0.05, 0) is 213 Å². The smallest absolute Gasteiger partial charge is 0.332 e. The summed E-state index contributed by atoms with van der Waals surface area (Å²) < 4.78 is 70.9. The minimum absolute atomic E-state index is 0.0835. The highest BCUT2D eigenvalue weighted by atomic mass is 31.2. The Morgan fingerprint density at radius 2 is 0.679 bits per heavy atom. The number of nitrogens with zero attached hydrogens (tertiary/aromatic N) is 8. The summed E-state index contributed by atoms with van der Waals surface area (Å²) in [6, 6.07) is 22.5. The third-order valence-electron chi connectivity index (χ3n) is 21.9. The Balaban J connectivity index is 0.000000366. The molecule has 0 bridgehead atoms. The number of carbonyl (C=O) groups excluding carboxylic acids is 4. The van der Waals surface area contributed by atoms with Gasteiger partial charge in [-0.25, -0.2) is 14.5 Å². The number of fused-ring (bicyclic) bond motifs is 4. The molecule has 0 spiro atoms. The molecule has 0 unspecified atom stereocenters. The Hall–Kier alpha value is -7.97. The molecule has 8 atom stereocenters. The van der Waals surface area contributed by atoms with Crippen LogP contribution in [0.5, 0.6) is 23.0 Å². The van der Waals surface area contributed by atoms with Crippen LogP contribution in [0.2, 0.25) is 0 Å². The standard InChI is InChI=1S/C63H81N6O12P.C21H28N2O4/c1-61(2)58(55(67-30-18-21-52(67)70)46-39-43(42-64)24-27-49(46)79-61)73-33-12-9-15-36-76-82(77-37-16-10-13-34-74-59-56(68-31-19-22-53(68)71)47-40-44(65-7)25-28-50(47)80-62(59,3)4)78-38-17-11-14-35-75-60-57(69-32-20-23-54(69)72)48-41-45(66-8)26-29-51(48)81-63(60,5)6;1-21(2)20(26-13-6-4-5-12-24)19(23-11-7-8-18(23)25)16-14-15(22-3)9-10-17(16)27-21/h24-29,39-41,55-60H,9-23,30-38H2,1-6H3;9-10,14,19-20,24H,4-8,11-13H2,1-2H3/t55-,56-,57-,58+,59+,60+;19-,20+/m11/s1. The summed E-state index contributed by atoms with van der Waals surface area (Å²) in [5.74, 6) is 3.14. The molecule has 0 saturated carbocycles. The third-order valence-corrected chi connectivity index (χ3v) is 23.1.